The van der Waals surface area contributed by atoms with Gasteiger partial charge in [0.2, 0.25) is 11.8 Å². The Kier molecular flexibility index (Phi) is 6.12. The number of amides is 3. The SMILES string of the molecule is CCc1cccc(CC)c1NC(=O)COC(=O)CCN1C(=O)[C@@H]2[C@@H]3CC[C@@H](C3)[C@@H]2C1=O. The van der Waals surface area contributed by atoms with Gasteiger partial charge in [-0.15, -0.1) is 0 Å². The number of aryl methyl sites for hydroxylation is 2. The molecule has 4 atom stereocenters. The molecule has 2 aliphatic carbocycles. The van der Waals surface area contributed by atoms with Crippen LogP contribution in [0.5, 0.6) is 0 Å². The molecule has 0 unspecified atom stereocenters. The highest BCUT2D eigenvalue weighted by Gasteiger charge is 2.60. The number of hydrogen-bond acceptors (Lipinski definition) is 5. The van der Waals surface area contributed by atoms with E-state index in [1.807, 2.05) is 32.0 Å². The average Bonchev–Trinajstić information content (AvgIpc) is 3.45. The lowest BCUT2D eigenvalue weighted by atomic mass is 9.81. The van der Waals surface area contributed by atoms with E-state index in [0.29, 0.717) is 11.8 Å². The first-order chi connectivity index (χ1) is 14.9. The molecule has 0 spiro atoms. The summed E-state index contributed by atoms with van der Waals surface area (Å²) in [5.41, 5.74) is 2.84. The molecule has 1 heterocycles. The van der Waals surface area contributed by atoms with Crippen molar-refractivity contribution in [1.29, 1.82) is 0 Å². The molecule has 7 heteroatoms. The zero-order chi connectivity index (χ0) is 22.1. The van der Waals surface area contributed by atoms with E-state index in [2.05, 4.69) is 5.32 Å². The quantitative estimate of drug-likeness (QED) is 0.510. The van der Waals surface area contributed by atoms with Crippen molar-refractivity contribution >= 4 is 29.4 Å². The summed E-state index contributed by atoms with van der Waals surface area (Å²) in [6, 6.07) is 5.90. The van der Waals surface area contributed by atoms with Crippen LogP contribution in [0, 0.1) is 23.7 Å². The maximum absolute atomic E-state index is 12.7. The van der Waals surface area contributed by atoms with Gasteiger partial charge in [-0.2, -0.15) is 0 Å². The molecule has 166 valence electrons. The third-order valence-electron chi connectivity index (χ3n) is 7.19. The Balaban J connectivity index is 1.26. The van der Waals surface area contributed by atoms with E-state index in [0.717, 1.165) is 48.9 Å². The van der Waals surface area contributed by atoms with Gasteiger partial charge < -0.3 is 10.1 Å². The summed E-state index contributed by atoms with van der Waals surface area (Å²) in [4.78, 5) is 51.1. The summed E-state index contributed by atoms with van der Waals surface area (Å²) in [6.45, 7) is 3.68. The first kappa shape index (κ1) is 21.5. The van der Waals surface area contributed by atoms with Gasteiger partial charge in [-0.05, 0) is 55.1 Å². The number of nitrogens with one attached hydrogen (secondary N) is 1. The smallest absolute Gasteiger partial charge is 0.308 e. The van der Waals surface area contributed by atoms with Crippen molar-refractivity contribution in [2.24, 2.45) is 23.7 Å². The van der Waals surface area contributed by atoms with Gasteiger partial charge in [0, 0.05) is 12.2 Å². The molecular weight excluding hydrogens is 396 g/mol. The number of anilines is 1. The van der Waals surface area contributed by atoms with E-state index in [-0.39, 0.29) is 36.6 Å². The lowest BCUT2D eigenvalue weighted by molar-refractivity contribution is -0.149. The van der Waals surface area contributed by atoms with Crippen molar-refractivity contribution in [3.05, 3.63) is 29.3 Å². The highest BCUT2D eigenvalue weighted by molar-refractivity contribution is 6.06. The lowest BCUT2D eigenvalue weighted by Crippen LogP contribution is -2.35. The number of carbonyl (C=O) groups excluding carboxylic acids is 4. The third-order valence-corrected chi connectivity index (χ3v) is 7.19. The van der Waals surface area contributed by atoms with Crippen molar-refractivity contribution in [1.82, 2.24) is 4.90 Å². The molecule has 4 rings (SSSR count). The largest absolute Gasteiger partial charge is 0.456 e. The molecule has 1 N–H and O–H groups in total. The second kappa shape index (κ2) is 8.81. The van der Waals surface area contributed by atoms with Crippen molar-refractivity contribution in [2.45, 2.75) is 52.4 Å². The van der Waals surface area contributed by atoms with Crippen LogP contribution in [0.2, 0.25) is 0 Å². The number of hydrogen-bond donors (Lipinski definition) is 1. The number of fused-ring (bicyclic) bond motifs is 5. The van der Waals surface area contributed by atoms with Crippen LogP contribution in [0.4, 0.5) is 5.69 Å². The second-order valence-corrected chi connectivity index (χ2v) is 8.83. The summed E-state index contributed by atoms with van der Waals surface area (Å²) in [7, 11) is 0. The molecule has 1 aliphatic heterocycles. The van der Waals surface area contributed by atoms with Crippen LogP contribution in [0.1, 0.15) is 50.7 Å². The Labute approximate surface area is 182 Å². The molecule has 0 radical (unpaired) electrons. The number of esters is 1. The van der Waals surface area contributed by atoms with Gasteiger partial charge >= 0.3 is 5.97 Å². The van der Waals surface area contributed by atoms with Crippen molar-refractivity contribution in [2.75, 3.05) is 18.5 Å². The van der Waals surface area contributed by atoms with E-state index in [1.54, 1.807) is 0 Å². The van der Waals surface area contributed by atoms with Gasteiger partial charge in [-0.3, -0.25) is 24.1 Å². The summed E-state index contributed by atoms with van der Waals surface area (Å²) in [5.74, 6) is -0.957. The maximum Gasteiger partial charge on any atom is 0.308 e. The van der Waals surface area contributed by atoms with Crippen LogP contribution < -0.4 is 5.32 Å². The summed E-state index contributed by atoms with van der Waals surface area (Å²) in [5, 5.41) is 2.86. The molecule has 1 aromatic rings. The lowest BCUT2D eigenvalue weighted by Gasteiger charge is -2.19. The van der Waals surface area contributed by atoms with E-state index in [1.165, 1.54) is 4.90 Å². The van der Waals surface area contributed by atoms with Gasteiger partial charge in [0.15, 0.2) is 6.61 Å². The minimum absolute atomic E-state index is 0.0310. The van der Waals surface area contributed by atoms with Crippen LogP contribution in [0.25, 0.3) is 0 Å². The fourth-order valence-electron chi connectivity index (χ4n) is 5.69. The van der Waals surface area contributed by atoms with E-state index in [4.69, 9.17) is 4.74 Å². The second-order valence-electron chi connectivity index (χ2n) is 8.83. The number of ether oxygens (including phenoxy) is 1. The Hall–Kier alpha value is -2.70. The van der Waals surface area contributed by atoms with Crippen LogP contribution in [-0.2, 0) is 36.8 Å². The number of para-hydroxylation sites is 1. The normalized spacial score (nSPS) is 26.3. The number of benzene rings is 1. The number of rotatable bonds is 8. The molecule has 3 aliphatic rings. The van der Waals surface area contributed by atoms with Crippen LogP contribution in [-0.4, -0.2) is 41.7 Å². The fourth-order valence-corrected chi connectivity index (χ4v) is 5.69. The fraction of sp³-hybridized carbons (Fsp3) is 0.583. The molecule has 31 heavy (non-hydrogen) atoms. The van der Waals surface area contributed by atoms with Gasteiger partial charge in [-0.1, -0.05) is 32.0 Å². The Morgan fingerprint density at radius 3 is 2.16 bits per heavy atom. The highest BCUT2D eigenvalue weighted by atomic mass is 16.5. The van der Waals surface area contributed by atoms with Crippen LogP contribution in [0.3, 0.4) is 0 Å². The first-order valence-electron chi connectivity index (χ1n) is 11.4. The number of imide groups is 1. The van der Waals surface area contributed by atoms with E-state index >= 15 is 0 Å². The molecule has 2 bridgehead atoms. The topological polar surface area (TPSA) is 92.8 Å². The zero-order valence-corrected chi connectivity index (χ0v) is 18.2. The monoisotopic (exact) mass is 426 g/mol. The Morgan fingerprint density at radius 1 is 1.03 bits per heavy atom. The summed E-state index contributed by atoms with van der Waals surface area (Å²) >= 11 is 0. The standard InChI is InChI=1S/C24H30N2O5/c1-3-14-6-5-7-15(4-2)22(14)25-18(27)13-31-19(28)10-11-26-23(29)20-16-8-9-17(12-16)21(20)24(26)30/h5-7,16-17,20-21H,3-4,8-13H2,1-2H3,(H,25,27)/t16-,17+,20-,21+. The minimum atomic E-state index is -0.588. The van der Waals surface area contributed by atoms with Crippen molar-refractivity contribution in [3.63, 3.8) is 0 Å². The number of nitrogens with zero attached hydrogens (tertiary/aromatic N) is 1. The predicted octanol–water partition coefficient (Wildman–Crippen LogP) is 2.71. The minimum Gasteiger partial charge on any atom is -0.456 e. The van der Waals surface area contributed by atoms with Gasteiger partial charge in [0.05, 0.1) is 18.3 Å². The molecule has 0 aromatic heterocycles. The summed E-state index contributed by atoms with van der Waals surface area (Å²) < 4.78 is 5.10. The van der Waals surface area contributed by atoms with Crippen LogP contribution in [0.15, 0.2) is 18.2 Å². The molecule has 3 amide bonds. The van der Waals surface area contributed by atoms with Crippen molar-refractivity contribution < 1.29 is 23.9 Å². The molecule has 1 aromatic carbocycles. The van der Waals surface area contributed by atoms with Gasteiger partial charge in [-0.25, -0.2) is 0 Å². The third kappa shape index (κ3) is 3.98. The molecule has 3 fully saturated rings. The predicted molar refractivity (Wildman–Crippen MR) is 114 cm³/mol. The molecule has 1 saturated heterocycles. The zero-order valence-electron chi connectivity index (χ0n) is 18.2. The molecule has 2 saturated carbocycles. The highest BCUT2D eigenvalue weighted by Crippen LogP contribution is 2.56. The van der Waals surface area contributed by atoms with Gasteiger partial charge in [0.25, 0.3) is 5.91 Å². The van der Waals surface area contributed by atoms with Crippen molar-refractivity contribution in [3.8, 4) is 0 Å². The number of carbonyl (C=O) groups is 4. The summed E-state index contributed by atoms with van der Waals surface area (Å²) in [6.07, 6.45) is 4.51. The molecular formula is C24H30N2O5. The van der Waals surface area contributed by atoms with E-state index < -0.39 is 18.5 Å². The molecule has 7 nitrogen and oxygen atoms in total. The number of likely N-dealkylation sites (tertiary alicyclic amines) is 1. The van der Waals surface area contributed by atoms with Crippen LogP contribution >= 0.6 is 0 Å². The first-order valence-corrected chi connectivity index (χ1v) is 11.4. The van der Waals surface area contributed by atoms with E-state index in [9.17, 15) is 19.2 Å². The van der Waals surface area contributed by atoms with Gasteiger partial charge in [0.1, 0.15) is 0 Å². The Morgan fingerprint density at radius 2 is 1.61 bits per heavy atom. The average molecular weight is 427 g/mol. The maximum atomic E-state index is 12.7. The Bertz CT molecular complexity index is 861.